The molecule has 0 aromatic carbocycles. The lowest BCUT2D eigenvalue weighted by Crippen LogP contribution is -3.00. The van der Waals surface area contributed by atoms with Gasteiger partial charge < -0.3 is 26.4 Å². The Kier molecular flexibility index (Phi) is 31.7. The number of halogens is 1. The lowest BCUT2D eigenvalue weighted by atomic mass is 10.1. The molecular formula is C32H66ClNO3. The molecule has 0 aliphatic carbocycles. The second-order valence-electron chi connectivity index (χ2n) is 11.0. The molecule has 0 aromatic heterocycles. The number of likely N-dealkylation sites (N-methyl/N-ethyl adjacent to an activating group) is 1. The summed E-state index contributed by atoms with van der Waals surface area (Å²) in [5, 5.41) is 0. The Morgan fingerprint density at radius 3 is 1.41 bits per heavy atom. The van der Waals surface area contributed by atoms with E-state index >= 15 is 0 Å². The largest absolute Gasteiger partial charge is 1.00 e. The average Bonchev–Trinajstić information content (AvgIpc) is 2.89. The van der Waals surface area contributed by atoms with Crippen LogP contribution in [0.2, 0.25) is 0 Å². The number of hydrogen-bond acceptors (Lipinski definition) is 3. The van der Waals surface area contributed by atoms with E-state index < -0.39 is 0 Å². The van der Waals surface area contributed by atoms with Crippen molar-refractivity contribution in [3.63, 3.8) is 0 Å². The molecule has 0 rings (SSSR count). The number of esters is 1. The van der Waals surface area contributed by atoms with Crippen LogP contribution < -0.4 is 12.4 Å². The predicted molar refractivity (Wildman–Crippen MR) is 157 cm³/mol. The molecule has 0 aliphatic heterocycles. The Morgan fingerprint density at radius 2 is 0.946 bits per heavy atom. The molecule has 0 aliphatic rings. The zero-order valence-electron chi connectivity index (χ0n) is 25.6. The highest BCUT2D eigenvalue weighted by Crippen LogP contribution is 2.14. The zero-order chi connectivity index (χ0) is 26.6. The molecule has 0 amide bonds. The van der Waals surface area contributed by atoms with Gasteiger partial charge in [-0.2, -0.15) is 0 Å². The van der Waals surface area contributed by atoms with Crippen LogP contribution in [0, 0.1) is 0 Å². The number of ether oxygens (including phenoxy) is 2. The number of hydrogen-bond donors (Lipinski definition) is 0. The van der Waals surface area contributed by atoms with Crippen LogP contribution in [-0.4, -0.2) is 56.5 Å². The molecule has 37 heavy (non-hydrogen) atoms. The van der Waals surface area contributed by atoms with E-state index in [1.54, 1.807) is 0 Å². The molecule has 4 nitrogen and oxygen atoms in total. The van der Waals surface area contributed by atoms with Crippen LogP contribution >= 0.6 is 0 Å². The number of carbonyl (C=O) groups excluding carboxylic acids is 1. The highest BCUT2D eigenvalue weighted by molar-refractivity contribution is 5.69. The van der Waals surface area contributed by atoms with Crippen molar-refractivity contribution >= 4 is 5.97 Å². The molecule has 0 radical (unpaired) electrons. The quantitative estimate of drug-likeness (QED) is 0.0630. The van der Waals surface area contributed by atoms with Crippen molar-refractivity contribution in [1.29, 1.82) is 0 Å². The van der Waals surface area contributed by atoms with E-state index in [-0.39, 0.29) is 18.4 Å². The fourth-order valence-corrected chi connectivity index (χ4v) is 5.13. The van der Waals surface area contributed by atoms with Crippen LogP contribution in [0.1, 0.15) is 156 Å². The molecule has 0 fully saturated rings. The standard InChI is InChI=1S/C32H66NO3.ClH/c1-5-9-11-13-15-17-19-21-23-25-27-33(7-3,8-4)28-29-35-30-31-36-32(34)26-24-22-20-18-16-14-12-10-6-2;/h5-31H2,1-4H3;1H/q+1;/p-1. The highest BCUT2D eigenvalue weighted by Gasteiger charge is 2.22. The minimum Gasteiger partial charge on any atom is -1.00 e. The van der Waals surface area contributed by atoms with Gasteiger partial charge in [0, 0.05) is 6.42 Å². The molecule has 0 heterocycles. The lowest BCUT2D eigenvalue weighted by molar-refractivity contribution is -0.925. The van der Waals surface area contributed by atoms with E-state index in [1.807, 2.05) is 0 Å². The van der Waals surface area contributed by atoms with Crippen molar-refractivity contribution in [3.05, 3.63) is 0 Å². The summed E-state index contributed by atoms with van der Waals surface area (Å²) in [5.74, 6) is -0.0604. The first-order valence-electron chi connectivity index (χ1n) is 16.2. The van der Waals surface area contributed by atoms with E-state index in [0.717, 1.165) is 30.5 Å². The van der Waals surface area contributed by atoms with Crippen molar-refractivity contribution in [3.8, 4) is 0 Å². The van der Waals surface area contributed by atoms with Gasteiger partial charge in [-0.15, -0.1) is 0 Å². The first kappa shape index (κ1) is 38.8. The molecule has 224 valence electrons. The summed E-state index contributed by atoms with van der Waals surface area (Å²) >= 11 is 0. The van der Waals surface area contributed by atoms with Crippen molar-refractivity contribution in [2.45, 2.75) is 156 Å². The van der Waals surface area contributed by atoms with Gasteiger partial charge in [0.05, 0.1) is 32.8 Å². The fourth-order valence-electron chi connectivity index (χ4n) is 5.13. The molecule has 0 aromatic rings. The first-order chi connectivity index (χ1) is 17.6. The molecule has 0 saturated carbocycles. The van der Waals surface area contributed by atoms with E-state index in [1.165, 1.54) is 129 Å². The first-order valence-corrected chi connectivity index (χ1v) is 16.2. The average molecular weight is 548 g/mol. The predicted octanol–water partition coefficient (Wildman–Crippen LogP) is 6.25. The Labute approximate surface area is 239 Å². The van der Waals surface area contributed by atoms with Crippen molar-refractivity contribution in [2.24, 2.45) is 0 Å². The third kappa shape index (κ3) is 25.7. The van der Waals surface area contributed by atoms with Crippen LogP contribution in [0.4, 0.5) is 0 Å². The number of unbranched alkanes of at least 4 members (excludes halogenated alkanes) is 17. The summed E-state index contributed by atoms with van der Waals surface area (Å²) in [6, 6.07) is 0. The van der Waals surface area contributed by atoms with Gasteiger partial charge in [0.1, 0.15) is 13.2 Å². The zero-order valence-corrected chi connectivity index (χ0v) is 26.4. The minimum absolute atomic E-state index is 0. The number of carbonyl (C=O) groups is 1. The maximum Gasteiger partial charge on any atom is 0.305 e. The maximum atomic E-state index is 11.9. The van der Waals surface area contributed by atoms with Crippen LogP contribution in [0.3, 0.4) is 0 Å². The van der Waals surface area contributed by atoms with E-state index in [4.69, 9.17) is 9.47 Å². The molecule has 0 unspecified atom stereocenters. The second-order valence-corrected chi connectivity index (χ2v) is 11.0. The van der Waals surface area contributed by atoms with E-state index in [9.17, 15) is 4.79 Å². The minimum atomic E-state index is -0.0604. The molecule has 0 bridgehead atoms. The summed E-state index contributed by atoms with van der Waals surface area (Å²) in [5.41, 5.74) is 0. The summed E-state index contributed by atoms with van der Waals surface area (Å²) in [4.78, 5) is 11.9. The fraction of sp³-hybridized carbons (Fsp3) is 0.969. The van der Waals surface area contributed by atoms with Crippen LogP contribution in [0.25, 0.3) is 0 Å². The SMILES string of the molecule is CCCCCCCCCCCC[N+](CC)(CC)CCOCCOC(=O)CCCCCCCCCCC.[Cl-]. The molecule has 0 spiro atoms. The van der Waals surface area contributed by atoms with Gasteiger partial charge in [0.2, 0.25) is 0 Å². The monoisotopic (exact) mass is 547 g/mol. The molecule has 5 heteroatoms. The lowest BCUT2D eigenvalue weighted by Gasteiger charge is -2.37. The van der Waals surface area contributed by atoms with Crippen molar-refractivity contribution in [1.82, 2.24) is 0 Å². The van der Waals surface area contributed by atoms with Gasteiger partial charge >= 0.3 is 5.97 Å². The van der Waals surface area contributed by atoms with Gasteiger partial charge in [0.25, 0.3) is 0 Å². The van der Waals surface area contributed by atoms with Gasteiger partial charge in [0.15, 0.2) is 0 Å². The number of nitrogens with zero attached hydrogens (tertiary/aromatic N) is 1. The normalized spacial score (nSPS) is 11.5. The Hall–Kier alpha value is -0.320. The molecule has 0 N–H and O–H groups in total. The van der Waals surface area contributed by atoms with Crippen molar-refractivity contribution in [2.75, 3.05) is 46.0 Å². The Morgan fingerprint density at radius 1 is 0.514 bits per heavy atom. The third-order valence-corrected chi connectivity index (χ3v) is 8.01. The molecule has 0 saturated heterocycles. The van der Waals surface area contributed by atoms with Gasteiger partial charge in [-0.25, -0.2) is 0 Å². The van der Waals surface area contributed by atoms with Crippen LogP contribution in [0.15, 0.2) is 0 Å². The third-order valence-electron chi connectivity index (χ3n) is 8.01. The Balaban J connectivity index is 0. The van der Waals surface area contributed by atoms with Gasteiger partial charge in [-0.3, -0.25) is 4.79 Å². The van der Waals surface area contributed by atoms with Crippen LogP contribution in [-0.2, 0) is 14.3 Å². The highest BCUT2D eigenvalue weighted by atomic mass is 35.5. The summed E-state index contributed by atoms with van der Waals surface area (Å²) < 4.78 is 12.4. The molecular weight excluding hydrogens is 482 g/mol. The van der Waals surface area contributed by atoms with E-state index in [2.05, 4.69) is 27.7 Å². The van der Waals surface area contributed by atoms with Crippen LogP contribution in [0.5, 0.6) is 0 Å². The molecule has 0 atom stereocenters. The topological polar surface area (TPSA) is 35.5 Å². The number of quaternary nitrogens is 1. The second kappa shape index (κ2) is 30.2. The smallest absolute Gasteiger partial charge is 0.305 e. The Bertz CT molecular complexity index is 457. The van der Waals surface area contributed by atoms with Gasteiger partial charge in [-0.1, -0.05) is 117 Å². The maximum absolute atomic E-state index is 11.9. The van der Waals surface area contributed by atoms with E-state index in [0.29, 0.717) is 19.6 Å². The summed E-state index contributed by atoms with van der Waals surface area (Å²) in [6.07, 6.45) is 25.9. The van der Waals surface area contributed by atoms with Crippen molar-refractivity contribution < 1.29 is 31.2 Å². The summed E-state index contributed by atoms with van der Waals surface area (Å²) in [6.45, 7) is 15.5. The van der Waals surface area contributed by atoms with Gasteiger partial charge in [-0.05, 0) is 33.1 Å². The summed E-state index contributed by atoms with van der Waals surface area (Å²) in [7, 11) is 0. The number of rotatable bonds is 29.